The highest BCUT2D eigenvalue weighted by molar-refractivity contribution is 5.97. The smallest absolute Gasteiger partial charge is 0.163 e. The summed E-state index contributed by atoms with van der Waals surface area (Å²) in [6.07, 6.45) is 1.52. The van der Waals surface area contributed by atoms with Gasteiger partial charge in [0.25, 0.3) is 0 Å². The van der Waals surface area contributed by atoms with Crippen molar-refractivity contribution in [3.8, 4) is 11.5 Å². The van der Waals surface area contributed by atoms with Crippen LogP contribution in [0, 0.1) is 0 Å². The zero-order chi connectivity index (χ0) is 19.4. The van der Waals surface area contributed by atoms with Crippen LogP contribution in [0.25, 0.3) is 0 Å². The molecule has 0 unspecified atom stereocenters. The molecule has 3 rings (SSSR count). The van der Waals surface area contributed by atoms with Gasteiger partial charge in [-0.3, -0.25) is 9.69 Å². The van der Waals surface area contributed by atoms with E-state index >= 15 is 0 Å². The van der Waals surface area contributed by atoms with Gasteiger partial charge < -0.3 is 15.6 Å². The summed E-state index contributed by atoms with van der Waals surface area (Å²) >= 11 is 0. The number of phenols is 1. The van der Waals surface area contributed by atoms with Crippen LogP contribution in [0.4, 0.5) is 0 Å². The molecule has 0 aliphatic carbocycles. The van der Waals surface area contributed by atoms with E-state index in [4.69, 9.17) is 10.5 Å². The van der Waals surface area contributed by atoms with E-state index in [0.29, 0.717) is 35.9 Å². The fraction of sp³-hybridized carbons (Fsp3) is 0.409. The van der Waals surface area contributed by atoms with Gasteiger partial charge in [0.05, 0.1) is 5.56 Å². The first kappa shape index (κ1) is 19.4. The maximum atomic E-state index is 11.7. The summed E-state index contributed by atoms with van der Waals surface area (Å²) in [6, 6.07) is 12.1. The number of nitrogens with zero attached hydrogens (tertiary/aromatic N) is 1. The highest BCUT2D eigenvalue weighted by Gasteiger charge is 2.22. The molecule has 3 N–H and O–H groups in total. The van der Waals surface area contributed by atoms with Crippen molar-refractivity contribution in [1.82, 2.24) is 4.90 Å². The molecule has 5 heteroatoms. The van der Waals surface area contributed by atoms with Gasteiger partial charge >= 0.3 is 0 Å². The zero-order valence-electron chi connectivity index (χ0n) is 16.1. The quantitative estimate of drug-likeness (QED) is 0.700. The molecule has 1 aliphatic heterocycles. The van der Waals surface area contributed by atoms with Crippen LogP contribution in [0.5, 0.6) is 11.5 Å². The molecule has 2 aromatic rings. The first-order valence-electron chi connectivity index (χ1n) is 9.52. The average molecular weight is 368 g/mol. The second-order valence-electron chi connectivity index (χ2n) is 7.31. The summed E-state index contributed by atoms with van der Waals surface area (Å²) < 4.78 is 6.00. The first-order chi connectivity index (χ1) is 13.0. The lowest BCUT2D eigenvalue weighted by atomic mass is 10.0. The van der Waals surface area contributed by atoms with Crippen molar-refractivity contribution in [3.05, 3.63) is 58.7 Å². The number of ether oxygens (including phenoxy) is 1. The number of hydrogen-bond acceptors (Lipinski definition) is 5. The SMILES string of the molecule is CCCc1c(OCc2cccc(CN3CC(N)C3)c2)ccc(C(C)=O)c1O. The van der Waals surface area contributed by atoms with Crippen molar-refractivity contribution in [2.75, 3.05) is 13.1 Å². The number of aromatic hydroxyl groups is 1. The summed E-state index contributed by atoms with van der Waals surface area (Å²) in [4.78, 5) is 14.0. The minimum absolute atomic E-state index is 0.0460. The van der Waals surface area contributed by atoms with E-state index in [1.807, 2.05) is 19.1 Å². The molecular weight excluding hydrogens is 340 g/mol. The minimum atomic E-state index is -0.144. The van der Waals surface area contributed by atoms with Crippen molar-refractivity contribution < 1.29 is 14.6 Å². The van der Waals surface area contributed by atoms with Crippen molar-refractivity contribution in [1.29, 1.82) is 0 Å². The van der Waals surface area contributed by atoms with Crippen LogP contribution in [0.15, 0.2) is 36.4 Å². The average Bonchev–Trinajstić information content (AvgIpc) is 2.61. The number of carbonyl (C=O) groups is 1. The van der Waals surface area contributed by atoms with Crippen LogP contribution < -0.4 is 10.5 Å². The molecule has 0 amide bonds. The second-order valence-corrected chi connectivity index (χ2v) is 7.31. The second kappa shape index (κ2) is 8.55. The Morgan fingerprint density at radius 2 is 2.00 bits per heavy atom. The third-order valence-electron chi connectivity index (χ3n) is 4.90. The standard InChI is InChI=1S/C22H28N2O3/c1-3-5-20-21(9-8-19(15(2)25)22(20)26)27-14-17-7-4-6-16(10-17)11-24-12-18(23)13-24/h4,6-10,18,26H,3,5,11-14,23H2,1-2H3. The van der Waals surface area contributed by atoms with Crippen LogP contribution in [-0.4, -0.2) is 34.9 Å². The van der Waals surface area contributed by atoms with E-state index in [1.165, 1.54) is 12.5 Å². The Morgan fingerprint density at radius 1 is 1.26 bits per heavy atom. The van der Waals surface area contributed by atoms with E-state index in [-0.39, 0.29) is 11.5 Å². The molecule has 1 heterocycles. The number of phenolic OH excluding ortho intramolecular Hbond substituents is 1. The lowest BCUT2D eigenvalue weighted by molar-refractivity contribution is 0.101. The third-order valence-corrected chi connectivity index (χ3v) is 4.90. The van der Waals surface area contributed by atoms with Crippen LogP contribution in [0.1, 0.15) is 47.3 Å². The largest absolute Gasteiger partial charge is 0.507 e. The van der Waals surface area contributed by atoms with Crippen molar-refractivity contribution in [2.45, 2.75) is 45.9 Å². The molecule has 0 bridgehead atoms. The topological polar surface area (TPSA) is 75.8 Å². The van der Waals surface area contributed by atoms with Crippen LogP contribution in [0.3, 0.4) is 0 Å². The number of rotatable bonds is 8. The fourth-order valence-electron chi connectivity index (χ4n) is 3.50. The minimum Gasteiger partial charge on any atom is -0.507 e. The molecule has 0 aromatic heterocycles. The molecule has 144 valence electrons. The maximum absolute atomic E-state index is 11.7. The molecule has 0 radical (unpaired) electrons. The Labute approximate surface area is 160 Å². The lowest BCUT2D eigenvalue weighted by Gasteiger charge is -2.36. The molecule has 5 nitrogen and oxygen atoms in total. The van der Waals surface area contributed by atoms with E-state index in [2.05, 4.69) is 17.0 Å². The molecule has 0 atom stereocenters. The van der Waals surface area contributed by atoms with Gasteiger partial charge in [-0.2, -0.15) is 0 Å². The highest BCUT2D eigenvalue weighted by Crippen LogP contribution is 2.33. The Morgan fingerprint density at radius 3 is 2.67 bits per heavy atom. The van der Waals surface area contributed by atoms with Crippen LogP contribution in [-0.2, 0) is 19.6 Å². The molecule has 2 aromatic carbocycles. The first-order valence-corrected chi connectivity index (χ1v) is 9.52. The Bertz CT molecular complexity index is 813. The van der Waals surface area contributed by atoms with Gasteiger partial charge in [0, 0.05) is 31.2 Å². The number of ketones is 1. The lowest BCUT2D eigenvalue weighted by Crippen LogP contribution is -2.54. The molecule has 1 fully saturated rings. The van der Waals surface area contributed by atoms with Gasteiger partial charge in [-0.25, -0.2) is 0 Å². The normalized spacial score (nSPS) is 14.8. The van der Waals surface area contributed by atoms with Gasteiger partial charge in [-0.05, 0) is 36.6 Å². The Balaban J connectivity index is 1.71. The molecule has 27 heavy (non-hydrogen) atoms. The van der Waals surface area contributed by atoms with Gasteiger partial charge in [0.15, 0.2) is 5.78 Å². The molecule has 0 saturated carbocycles. The maximum Gasteiger partial charge on any atom is 0.163 e. The molecule has 1 aliphatic rings. The number of Topliss-reactive ketones (excluding diaryl/α,β-unsaturated/α-hetero) is 1. The van der Waals surface area contributed by atoms with Gasteiger partial charge in [-0.1, -0.05) is 37.6 Å². The van der Waals surface area contributed by atoms with Crippen LogP contribution in [0.2, 0.25) is 0 Å². The molecular formula is C22H28N2O3. The van der Waals surface area contributed by atoms with Gasteiger partial charge in [-0.15, -0.1) is 0 Å². The van der Waals surface area contributed by atoms with Crippen molar-refractivity contribution in [2.24, 2.45) is 5.73 Å². The number of hydrogen-bond donors (Lipinski definition) is 2. The predicted octanol–water partition coefficient (Wildman–Crippen LogP) is 3.27. The molecule has 1 saturated heterocycles. The number of benzene rings is 2. The van der Waals surface area contributed by atoms with E-state index in [9.17, 15) is 9.90 Å². The summed E-state index contributed by atoms with van der Waals surface area (Å²) in [5.41, 5.74) is 9.21. The Hall–Kier alpha value is -2.37. The number of likely N-dealkylation sites (tertiary alicyclic amines) is 1. The number of nitrogens with two attached hydrogens (primary N) is 1. The summed E-state index contributed by atoms with van der Waals surface area (Å²) in [7, 11) is 0. The zero-order valence-corrected chi connectivity index (χ0v) is 16.1. The van der Waals surface area contributed by atoms with E-state index in [0.717, 1.165) is 31.6 Å². The van der Waals surface area contributed by atoms with Crippen molar-refractivity contribution in [3.63, 3.8) is 0 Å². The summed E-state index contributed by atoms with van der Waals surface area (Å²) in [5, 5.41) is 10.5. The summed E-state index contributed by atoms with van der Waals surface area (Å²) in [5.74, 6) is 0.540. The number of carbonyl (C=O) groups excluding carboxylic acids is 1. The fourth-order valence-corrected chi connectivity index (χ4v) is 3.50. The van der Waals surface area contributed by atoms with Gasteiger partial charge in [0.2, 0.25) is 0 Å². The van der Waals surface area contributed by atoms with Crippen molar-refractivity contribution >= 4 is 5.78 Å². The predicted molar refractivity (Wildman–Crippen MR) is 106 cm³/mol. The van der Waals surface area contributed by atoms with Gasteiger partial charge in [0.1, 0.15) is 18.1 Å². The Kier molecular flexibility index (Phi) is 6.14. The van der Waals surface area contributed by atoms with Crippen LogP contribution >= 0.6 is 0 Å². The van der Waals surface area contributed by atoms with E-state index < -0.39 is 0 Å². The van der Waals surface area contributed by atoms with E-state index in [1.54, 1.807) is 12.1 Å². The third kappa shape index (κ3) is 4.67. The monoisotopic (exact) mass is 368 g/mol. The molecule has 0 spiro atoms. The summed E-state index contributed by atoms with van der Waals surface area (Å²) in [6.45, 7) is 6.71. The highest BCUT2D eigenvalue weighted by atomic mass is 16.5.